The quantitative estimate of drug-likeness (QED) is 0.738. The van der Waals surface area contributed by atoms with Crippen LogP contribution < -0.4 is 5.73 Å². The van der Waals surface area contributed by atoms with E-state index in [9.17, 15) is 8.42 Å². The van der Waals surface area contributed by atoms with Gasteiger partial charge in [-0.1, -0.05) is 6.92 Å². The molecular weight excluding hydrogens is 228 g/mol. The smallest absolute Gasteiger partial charge is 0.216 e. The molecule has 2 N–H and O–H groups in total. The normalized spacial score (nSPS) is 28.2. The van der Waals surface area contributed by atoms with Crippen molar-refractivity contribution in [3.05, 3.63) is 0 Å². The van der Waals surface area contributed by atoms with Crippen LogP contribution in [0.1, 0.15) is 13.3 Å². The predicted octanol–water partition coefficient (Wildman–Crippen LogP) is -0.121. The molecule has 0 amide bonds. The van der Waals surface area contributed by atoms with Crippen LogP contribution in [0.5, 0.6) is 0 Å². The average Bonchev–Trinajstić information content (AvgIpc) is 2.27. The first-order valence-corrected chi connectivity index (χ1v) is 7.29. The Bertz CT molecular complexity index is 305. The van der Waals surface area contributed by atoms with E-state index >= 15 is 0 Å². The molecule has 1 heterocycles. The summed E-state index contributed by atoms with van der Waals surface area (Å²) in [5, 5.41) is 0. The van der Waals surface area contributed by atoms with Crippen LogP contribution in [0.3, 0.4) is 0 Å². The van der Waals surface area contributed by atoms with Gasteiger partial charge in [-0.25, -0.2) is 12.7 Å². The fourth-order valence-electron chi connectivity index (χ4n) is 1.99. The molecule has 0 saturated carbocycles. The summed E-state index contributed by atoms with van der Waals surface area (Å²) in [6, 6.07) is 0. The summed E-state index contributed by atoms with van der Waals surface area (Å²) in [7, 11) is -1.65. The van der Waals surface area contributed by atoms with Gasteiger partial charge in [-0.15, -0.1) is 0 Å². The predicted molar refractivity (Wildman–Crippen MR) is 63.6 cm³/mol. The van der Waals surface area contributed by atoms with Crippen molar-refractivity contribution in [3.8, 4) is 0 Å². The van der Waals surface area contributed by atoms with E-state index in [0.29, 0.717) is 25.6 Å². The van der Waals surface area contributed by atoms with Gasteiger partial charge >= 0.3 is 0 Å². The molecule has 0 aliphatic carbocycles. The highest BCUT2D eigenvalue weighted by Gasteiger charge is 2.31. The molecular formula is C10H22N2O3S. The molecule has 0 aromatic rings. The van der Waals surface area contributed by atoms with Crippen LogP contribution >= 0.6 is 0 Å². The minimum atomic E-state index is -3.16. The monoisotopic (exact) mass is 250 g/mol. The second-order valence-electron chi connectivity index (χ2n) is 4.43. The molecule has 0 aromatic heterocycles. The number of piperidine rings is 1. The lowest BCUT2D eigenvalue weighted by atomic mass is 9.88. The van der Waals surface area contributed by atoms with Gasteiger partial charge in [0.15, 0.2) is 0 Å². The van der Waals surface area contributed by atoms with Gasteiger partial charge in [0.2, 0.25) is 10.0 Å². The van der Waals surface area contributed by atoms with Gasteiger partial charge in [-0.05, 0) is 24.8 Å². The maximum absolute atomic E-state index is 11.9. The summed E-state index contributed by atoms with van der Waals surface area (Å²) in [6.45, 7) is 4.11. The lowest BCUT2D eigenvalue weighted by molar-refractivity contribution is 0.195. The van der Waals surface area contributed by atoms with Crippen molar-refractivity contribution in [2.75, 3.05) is 39.1 Å². The van der Waals surface area contributed by atoms with Crippen LogP contribution in [0, 0.1) is 11.8 Å². The van der Waals surface area contributed by atoms with Crippen molar-refractivity contribution in [2.24, 2.45) is 17.6 Å². The maximum atomic E-state index is 11.9. The van der Waals surface area contributed by atoms with Gasteiger partial charge in [0.05, 0.1) is 12.4 Å². The Morgan fingerprint density at radius 1 is 1.50 bits per heavy atom. The molecule has 1 aliphatic rings. The Morgan fingerprint density at radius 3 is 2.75 bits per heavy atom. The van der Waals surface area contributed by atoms with Gasteiger partial charge < -0.3 is 10.5 Å². The Balaban J connectivity index is 2.60. The van der Waals surface area contributed by atoms with Gasteiger partial charge in [0.1, 0.15) is 0 Å². The Morgan fingerprint density at radius 2 is 2.19 bits per heavy atom. The van der Waals surface area contributed by atoms with Crippen molar-refractivity contribution in [3.63, 3.8) is 0 Å². The van der Waals surface area contributed by atoms with Crippen molar-refractivity contribution in [2.45, 2.75) is 13.3 Å². The van der Waals surface area contributed by atoms with E-state index in [1.165, 1.54) is 7.11 Å². The molecule has 1 aliphatic heterocycles. The van der Waals surface area contributed by atoms with E-state index in [1.54, 1.807) is 4.31 Å². The average molecular weight is 250 g/mol. The fourth-order valence-corrected chi connectivity index (χ4v) is 3.43. The van der Waals surface area contributed by atoms with Crippen LogP contribution in [0.4, 0.5) is 0 Å². The zero-order valence-electron chi connectivity index (χ0n) is 10.1. The summed E-state index contributed by atoms with van der Waals surface area (Å²) in [4.78, 5) is 0. The topological polar surface area (TPSA) is 72.6 Å². The first-order valence-electron chi connectivity index (χ1n) is 5.68. The second-order valence-corrected chi connectivity index (χ2v) is 6.52. The van der Waals surface area contributed by atoms with Crippen molar-refractivity contribution >= 4 is 10.0 Å². The number of nitrogens with two attached hydrogens (primary N) is 1. The maximum Gasteiger partial charge on any atom is 0.216 e. The van der Waals surface area contributed by atoms with Crippen LogP contribution in [0.15, 0.2) is 0 Å². The Labute approximate surface area is 98.0 Å². The van der Waals surface area contributed by atoms with Crippen molar-refractivity contribution in [1.29, 1.82) is 0 Å². The van der Waals surface area contributed by atoms with Crippen LogP contribution in [0.2, 0.25) is 0 Å². The Hall–Kier alpha value is -0.170. The third kappa shape index (κ3) is 3.41. The summed E-state index contributed by atoms with van der Waals surface area (Å²) in [6.07, 6.45) is 0.897. The minimum Gasteiger partial charge on any atom is -0.384 e. The van der Waals surface area contributed by atoms with Crippen molar-refractivity contribution < 1.29 is 13.2 Å². The number of hydrogen-bond donors (Lipinski definition) is 1. The van der Waals surface area contributed by atoms with Crippen molar-refractivity contribution in [1.82, 2.24) is 4.31 Å². The molecule has 0 spiro atoms. The summed E-state index contributed by atoms with van der Waals surface area (Å²) < 4.78 is 30.2. The molecule has 1 fully saturated rings. The minimum absolute atomic E-state index is 0.0647. The molecule has 2 atom stereocenters. The molecule has 0 radical (unpaired) electrons. The zero-order valence-corrected chi connectivity index (χ0v) is 10.9. The van der Waals surface area contributed by atoms with Gasteiger partial charge in [-0.2, -0.15) is 0 Å². The summed E-state index contributed by atoms with van der Waals surface area (Å²) in [5.74, 6) is 0.861. The molecule has 2 unspecified atom stereocenters. The highest BCUT2D eigenvalue weighted by atomic mass is 32.2. The highest BCUT2D eigenvalue weighted by molar-refractivity contribution is 7.89. The number of hydrogen-bond acceptors (Lipinski definition) is 4. The van der Waals surface area contributed by atoms with E-state index in [0.717, 1.165) is 6.42 Å². The molecule has 0 aromatic carbocycles. The molecule has 1 rings (SSSR count). The molecule has 0 bridgehead atoms. The number of sulfonamides is 1. The third-order valence-corrected chi connectivity index (χ3v) is 5.12. The standard InChI is InChI=1S/C10H22N2O3S/c1-9-3-4-12(8-10(9)7-11)16(13,14)6-5-15-2/h9-10H,3-8,11H2,1-2H3. The Kier molecular flexibility index (Phi) is 5.17. The summed E-state index contributed by atoms with van der Waals surface area (Å²) >= 11 is 0. The first-order chi connectivity index (χ1) is 7.51. The molecule has 96 valence electrons. The number of ether oxygens (including phenoxy) is 1. The van der Waals surface area contributed by atoms with Gasteiger partial charge in [-0.3, -0.25) is 0 Å². The van der Waals surface area contributed by atoms with E-state index < -0.39 is 10.0 Å². The zero-order chi connectivity index (χ0) is 12.2. The largest absolute Gasteiger partial charge is 0.384 e. The van der Waals surface area contributed by atoms with E-state index in [2.05, 4.69) is 6.92 Å². The SMILES string of the molecule is COCCS(=O)(=O)N1CCC(C)C(CN)C1. The lowest BCUT2D eigenvalue weighted by Crippen LogP contribution is -2.46. The lowest BCUT2D eigenvalue weighted by Gasteiger charge is -2.35. The molecule has 5 nitrogen and oxygen atoms in total. The van der Waals surface area contributed by atoms with Crippen LogP contribution in [-0.2, 0) is 14.8 Å². The van der Waals surface area contributed by atoms with Gasteiger partial charge in [0, 0.05) is 20.2 Å². The highest BCUT2D eigenvalue weighted by Crippen LogP contribution is 2.24. The van der Waals surface area contributed by atoms with E-state index in [1.807, 2.05) is 0 Å². The van der Waals surface area contributed by atoms with E-state index in [4.69, 9.17) is 10.5 Å². The van der Waals surface area contributed by atoms with Crippen LogP contribution in [0.25, 0.3) is 0 Å². The van der Waals surface area contributed by atoms with Crippen LogP contribution in [-0.4, -0.2) is 51.8 Å². The van der Waals surface area contributed by atoms with E-state index in [-0.39, 0.29) is 18.3 Å². The van der Waals surface area contributed by atoms with Gasteiger partial charge in [0.25, 0.3) is 0 Å². The first kappa shape index (κ1) is 13.9. The molecule has 1 saturated heterocycles. The summed E-state index contributed by atoms with van der Waals surface area (Å²) in [5.41, 5.74) is 5.65. The molecule has 16 heavy (non-hydrogen) atoms. The second kappa shape index (κ2) is 5.95. The fraction of sp³-hybridized carbons (Fsp3) is 1.00. The number of methoxy groups -OCH3 is 1. The number of rotatable bonds is 5. The third-order valence-electron chi connectivity index (χ3n) is 3.32. The molecule has 6 heteroatoms. The number of nitrogens with zero attached hydrogens (tertiary/aromatic N) is 1.